The number of alkyl halides is 2. The molecule has 0 aliphatic carbocycles. The molecule has 2 unspecified atom stereocenters. The second-order valence-corrected chi connectivity index (χ2v) is 5.20. The van der Waals surface area contributed by atoms with Crippen LogP contribution < -0.4 is 0 Å². The smallest absolute Gasteiger partial charge is 0.319 e. The Kier molecular flexibility index (Phi) is 8.06. The third-order valence-electron chi connectivity index (χ3n) is 1.72. The molecule has 0 aromatic carbocycles. The lowest BCUT2D eigenvalue weighted by Crippen LogP contribution is -2.18. The Labute approximate surface area is 96.7 Å². The highest BCUT2D eigenvalue weighted by molar-refractivity contribution is 9.10. The SMILES string of the molecule is CCOC(=O)C(Br)CCC(Br)CC. The van der Waals surface area contributed by atoms with Gasteiger partial charge >= 0.3 is 5.97 Å². The van der Waals surface area contributed by atoms with Crippen molar-refractivity contribution < 1.29 is 9.53 Å². The quantitative estimate of drug-likeness (QED) is 0.555. The third-order valence-corrected chi connectivity index (χ3v) is 3.66. The molecule has 0 amide bonds. The van der Waals surface area contributed by atoms with Crippen LogP contribution in [0.1, 0.15) is 33.1 Å². The molecule has 0 aromatic rings. The van der Waals surface area contributed by atoms with Crippen LogP contribution in [-0.2, 0) is 9.53 Å². The van der Waals surface area contributed by atoms with Crippen molar-refractivity contribution in [2.45, 2.75) is 42.8 Å². The molecule has 2 atom stereocenters. The zero-order valence-electron chi connectivity index (χ0n) is 8.06. The maximum atomic E-state index is 11.2. The zero-order chi connectivity index (χ0) is 10.3. The highest BCUT2D eigenvalue weighted by atomic mass is 79.9. The van der Waals surface area contributed by atoms with E-state index in [2.05, 4.69) is 38.8 Å². The molecule has 0 spiro atoms. The Balaban J connectivity index is 3.60. The van der Waals surface area contributed by atoms with Crippen LogP contribution in [0.3, 0.4) is 0 Å². The summed E-state index contributed by atoms with van der Waals surface area (Å²) >= 11 is 6.83. The van der Waals surface area contributed by atoms with Crippen LogP contribution in [0, 0.1) is 0 Å². The summed E-state index contributed by atoms with van der Waals surface area (Å²) in [5, 5.41) is 0. The van der Waals surface area contributed by atoms with Gasteiger partial charge in [0, 0.05) is 4.83 Å². The van der Waals surface area contributed by atoms with Crippen LogP contribution in [-0.4, -0.2) is 22.2 Å². The monoisotopic (exact) mass is 314 g/mol. The Morgan fingerprint density at radius 3 is 2.38 bits per heavy atom. The summed E-state index contributed by atoms with van der Waals surface area (Å²) < 4.78 is 4.87. The molecule has 0 bridgehead atoms. The van der Waals surface area contributed by atoms with E-state index in [0.717, 1.165) is 19.3 Å². The summed E-state index contributed by atoms with van der Waals surface area (Å²) in [6.07, 6.45) is 2.90. The lowest BCUT2D eigenvalue weighted by Gasteiger charge is -2.10. The molecule has 0 aromatic heterocycles. The molecule has 2 nitrogen and oxygen atoms in total. The zero-order valence-corrected chi connectivity index (χ0v) is 11.2. The van der Waals surface area contributed by atoms with E-state index in [1.54, 1.807) is 0 Å². The highest BCUT2D eigenvalue weighted by Gasteiger charge is 2.16. The third kappa shape index (κ3) is 6.49. The van der Waals surface area contributed by atoms with Gasteiger partial charge in [0.1, 0.15) is 4.83 Å². The Bertz CT molecular complexity index is 151. The van der Waals surface area contributed by atoms with E-state index in [9.17, 15) is 4.79 Å². The number of halogens is 2. The van der Waals surface area contributed by atoms with Crippen LogP contribution in [0.4, 0.5) is 0 Å². The minimum atomic E-state index is -0.154. The lowest BCUT2D eigenvalue weighted by molar-refractivity contribution is -0.142. The number of hydrogen-bond acceptors (Lipinski definition) is 2. The summed E-state index contributed by atoms with van der Waals surface area (Å²) in [4.78, 5) is 11.5. The predicted octanol–water partition coefficient (Wildman–Crippen LogP) is 3.27. The Hall–Kier alpha value is 0.430. The molecule has 0 saturated carbocycles. The number of rotatable bonds is 6. The Morgan fingerprint density at radius 1 is 1.31 bits per heavy atom. The topological polar surface area (TPSA) is 26.3 Å². The fraction of sp³-hybridized carbons (Fsp3) is 0.889. The van der Waals surface area contributed by atoms with Crippen molar-refractivity contribution in [2.75, 3.05) is 6.61 Å². The van der Waals surface area contributed by atoms with E-state index in [4.69, 9.17) is 4.74 Å². The first kappa shape index (κ1) is 13.4. The lowest BCUT2D eigenvalue weighted by atomic mass is 10.1. The van der Waals surface area contributed by atoms with E-state index < -0.39 is 0 Å². The van der Waals surface area contributed by atoms with Gasteiger partial charge in [-0.15, -0.1) is 0 Å². The van der Waals surface area contributed by atoms with Crippen molar-refractivity contribution in [1.29, 1.82) is 0 Å². The molecule has 13 heavy (non-hydrogen) atoms. The van der Waals surface area contributed by atoms with Crippen molar-refractivity contribution >= 4 is 37.8 Å². The molecular weight excluding hydrogens is 300 g/mol. The molecule has 78 valence electrons. The highest BCUT2D eigenvalue weighted by Crippen LogP contribution is 2.17. The normalized spacial score (nSPS) is 15.1. The molecule has 0 saturated heterocycles. The minimum Gasteiger partial charge on any atom is -0.465 e. The van der Waals surface area contributed by atoms with Crippen molar-refractivity contribution in [3.8, 4) is 0 Å². The number of esters is 1. The molecular formula is C9H16Br2O2. The van der Waals surface area contributed by atoms with Crippen molar-refractivity contribution in [3.05, 3.63) is 0 Å². The summed E-state index contributed by atoms with van der Waals surface area (Å²) in [6.45, 7) is 4.39. The average Bonchev–Trinajstić information content (AvgIpc) is 2.13. The van der Waals surface area contributed by atoms with Crippen molar-refractivity contribution in [1.82, 2.24) is 0 Å². The van der Waals surface area contributed by atoms with E-state index in [0.29, 0.717) is 11.4 Å². The van der Waals surface area contributed by atoms with Crippen LogP contribution in [0.25, 0.3) is 0 Å². The van der Waals surface area contributed by atoms with Gasteiger partial charge in [0.2, 0.25) is 0 Å². The van der Waals surface area contributed by atoms with E-state index >= 15 is 0 Å². The molecule has 0 rings (SSSR count). The summed E-state index contributed by atoms with van der Waals surface area (Å²) in [6, 6.07) is 0. The first-order valence-corrected chi connectivity index (χ1v) is 6.39. The van der Waals surface area contributed by atoms with Crippen LogP contribution in [0.5, 0.6) is 0 Å². The first-order chi connectivity index (χ1) is 6.11. The van der Waals surface area contributed by atoms with Crippen LogP contribution in [0.2, 0.25) is 0 Å². The minimum absolute atomic E-state index is 0.154. The summed E-state index contributed by atoms with van der Waals surface area (Å²) in [5.74, 6) is -0.154. The van der Waals surface area contributed by atoms with Gasteiger partial charge in [-0.3, -0.25) is 4.79 Å². The second-order valence-electron chi connectivity index (χ2n) is 2.80. The van der Waals surface area contributed by atoms with Crippen LogP contribution >= 0.6 is 31.9 Å². The molecule has 0 radical (unpaired) electrons. The molecule has 4 heteroatoms. The Morgan fingerprint density at radius 2 is 1.92 bits per heavy atom. The predicted molar refractivity (Wildman–Crippen MR) is 61.6 cm³/mol. The second kappa shape index (κ2) is 7.80. The first-order valence-electron chi connectivity index (χ1n) is 4.56. The van der Waals surface area contributed by atoms with Gasteiger partial charge in [-0.2, -0.15) is 0 Å². The summed E-state index contributed by atoms with van der Waals surface area (Å²) in [7, 11) is 0. The van der Waals surface area contributed by atoms with Gasteiger partial charge in [-0.25, -0.2) is 0 Å². The van der Waals surface area contributed by atoms with Gasteiger partial charge < -0.3 is 4.74 Å². The summed E-state index contributed by atoms with van der Waals surface area (Å²) in [5.41, 5.74) is 0. The maximum Gasteiger partial charge on any atom is 0.319 e. The molecule has 0 aliphatic rings. The number of ether oxygens (including phenoxy) is 1. The molecule has 0 N–H and O–H groups in total. The van der Waals surface area contributed by atoms with Crippen molar-refractivity contribution in [3.63, 3.8) is 0 Å². The van der Waals surface area contributed by atoms with Gasteiger partial charge in [0.05, 0.1) is 6.61 Å². The van der Waals surface area contributed by atoms with Gasteiger partial charge in [0.15, 0.2) is 0 Å². The van der Waals surface area contributed by atoms with Crippen LogP contribution in [0.15, 0.2) is 0 Å². The molecule has 0 heterocycles. The number of hydrogen-bond donors (Lipinski definition) is 0. The molecule has 0 aliphatic heterocycles. The van der Waals surface area contributed by atoms with Crippen molar-refractivity contribution in [2.24, 2.45) is 0 Å². The standard InChI is InChI=1S/C9H16Br2O2/c1-3-7(10)5-6-8(11)9(12)13-4-2/h7-8H,3-6H2,1-2H3. The van der Waals surface area contributed by atoms with E-state index in [-0.39, 0.29) is 10.8 Å². The largest absolute Gasteiger partial charge is 0.465 e. The number of carbonyl (C=O) groups excluding carboxylic acids is 1. The van der Waals surface area contributed by atoms with E-state index in [1.165, 1.54) is 0 Å². The maximum absolute atomic E-state index is 11.2. The van der Waals surface area contributed by atoms with E-state index in [1.807, 2.05) is 6.92 Å². The fourth-order valence-electron chi connectivity index (χ4n) is 0.882. The van der Waals surface area contributed by atoms with Gasteiger partial charge in [-0.05, 0) is 26.2 Å². The fourth-order valence-corrected chi connectivity index (χ4v) is 1.54. The average molecular weight is 316 g/mol. The van der Waals surface area contributed by atoms with Gasteiger partial charge in [-0.1, -0.05) is 38.8 Å². The number of carbonyl (C=O) groups is 1. The van der Waals surface area contributed by atoms with Gasteiger partial charge in [0.25, 0.3) is 0 Å². The molecule has 0 fully saturated rings.